The molecule has 1 heterocycles. The Morgan fingerprint density at radius 2 is 1.74 bits per heavy atom. The van der Waals surface area contributed by atoms with Crippen LogP contribution in [-0.4, -0.2) is 32.2 Å². The molecule has 1 aliphatic rings. The van der Waals surface area contributed by atoms with Crippen LogP contribution in [0.5, 0.6) is 5.75 Å². The normalized spacial score (nSPS) is 14.9. The van der Waals surface area contributed by atoms with Crippen molar-refractivity contribution in [2.45, 2.75) is 50.7 Å². The first kappa shape index (κ1) is 25.4. The molecule has 2 aromatic carbocycles. The number of carbonyl (C=O) groups excluding carboxylic acids is 2. The second-order valence-electron chi connectivity index (χ2n) is 8.52. The van der Waals surface area contributed by atoms with Gasteiger partial charge in [0.2, 0.25) is 5.91 Å². The summed E-state index contributed by atoms with van der Waals surface area (Å²) < 4.78 is 17.8. The van der Waals surface area contributed by atoms with Crippen molar-refractivity contribution in [3.63, 3.8) is 0 Å². The minimum atomic E-state index is -1.05. The van der Waals surface area contributed by atoms with Crippen molar-refractivity contribution in [1.82, 2.24) is 14.6 Å². The van der Waals surface area contributed by atoms with E-state index in [1.165, 1.54) is 29.2 Å². The number of hydrogen-bond donors (Lipinski definition) is 2. The van der Waals surface area contributed by atoms with Crippen LogP contribution in [0, 0.1) is 5.82 Å². The molecule has 4 rings (SSSR count). The van der Waals surface area contributed by atoms with Gasteiger partial charge in [-0.15, -0.1) is 0 Å². The second-order valence-corrected chi connectivity index (χ2v) is 10.3. The van der Waals surface area contributed by atoms with Gasteiger partial charge in [0.05, 0.1) is 0 Å². The molecule has 1 atom stereocenters. The number of hydrogen-bond acceptors (Lipinski definition) is 5. The average Bonchev–Trinajstić information content (AvgIpc) is 3.19. The van der Waals surface area contributed by atoms with Gasteiger partial charge in [-0.1, -0.05) is 66.7 Å². The highest BCUT2D eigenvalue weighted by Gasteiger charge is 2.35. The maximum absolute atomic E-state index is 13.8. The Hall–Kier alpha value is -2.68. The van der Waals surface area contributed by atoms with E-state index >= 15 is 0 Å². The first-order chi connectivity index (χ1) is 16.8. The number of carbonyl (C=O) groups is 2. The number of phenols is 1. The topological polar surface area (TPSA) is 82.5 Å². The third-order valence-electron chi connectivity index (χ3n) is 6.05. The summed E-state index contributed by atoms with van der Waals surface area (Å²) in [6.45, 7) is -0.00574. The van der Waals surface area contributed by atoms with Gasteiger partial charge in [0.25, 0.3) is 5.91 Å². The Kier molecular flexibility index (Phi) is 8.26. The second kappa shape index (κ2) is 11.4. The van der Waals surface area contributed by atoms with Gasteiger partial charge in [0.15, 0.2) is 5.69 Å². The fourth-order valence-electron chi connectivity index (χ4n) is 4.25. The van der Waals surface area contributed by atoms with Crippen molar-refractivity contribution >= 4 is 46.5 Å². The van der Waals surface area contributed by atoms with Crippen LogP contribution in [0.15, 0.2) is 48.5 Å². The molecular formula is C25H24Cl2FN3O3S. The molecule has 0 aliphatic heterocycles. The Morgan fingerprint density at radius 1 is 1.09 bits per heavy atom. The summed E-state index contributed by atoms with van der Waals surface area (Å²) >= 11 is 13.2. The molecular weight excluding hydrogens is 512 g/mol. The largest absolute Gasteiger partial charge is 0.508 e. The molecule has 1 aliphatic carbocycles. The fraction of sp³-hybridized carbons (Fsp3) is 0.320. The summed E-state index contributed by atoms with van der Waals surface area (Å²) in [6, 6.07) is 10.8. The minimum absolute atomic E-state index is 0.00574. The van der Waals surface area contributed by atoms with Gasteiger partial charge in [-0.25, -0.2) is 4.39 Å². The first-order valence-corrected chi connectivity index (χ1v) is 12.8. The molecule has 35 heavy (non-hydrogen) atoms. The number of halogens is 3. The van der Waals surface area contributed by atoms with Crippen molar-refractivity contribution < 1.29 is 19.1 Å². The Balaban J connectivity index is 1.76. The van der Waals surface area contributed by atoms with Crippen molar-refractivity contribution in [1.29, 1.82) is 0 Å². The van der Waals surface area contributed by atoms with Gasteiger partial charge in [-0.3, -0.25) is 9.59 Å². The van der Waals surface area contributed by atoms with E-state index in [0.717, 1.165) is 43.6 Å². The lowest BCUT2D eigenvalue weighted by atomic mass is 9.94. The number of nitrogens with one attached hydrogen (secondary N) is 1. The zero-order valence-corrected chi connectivity index (χ0v) is 21.0. The molecule has 184 valence electrons. The van der Waals surface area contributed by atoms with Gasteiger partial charge in [-0.2, -0.15) is 4.37 Å². The monoisotopic (exact) mass is 535 g/mol. The van der Waals surface area contributed by atoms with Crippen molar-refractivity contribution in [2.24, 2.45) is 0 Å². The fourth-order valence-corrected chi connectivity index (χ4v) is 5.24. The Morgan fingerprint density at radius 3 is 2.34 bits per heavy atom. The summed E-state index contributed by atoms with van der Waals surface area (Å²) in [5.41, 5.74) is 1.06. The van der Waals surface area contributed by atoms with E-state index in [1.54, 1.807) is 24.3 Å². The Bertz CT molecular complexity index is 1180. The van der Waals surface area contributed by atoms with Crippen LogP contribution in [-0.2, 0) is 11.3 Å². The molecule has 1 saturated carbocycles. The molecule has 2 amide bonds. The lowest BCUT2D eigenvalue weighted by molar-refractivity contribution is -0.127. The Labute approximate surface area is 216 Å². The molecule has 0 bridgehead atoms. The minimum Gasteiger partial charge on any atom is -0.508 e. The number of aromatic hydroxyl groups is 1. The maximum Gasteiger partial charge on any atom is 0.276 e. The third kappa shape index (κ3) is 6.12. The lowest BCUT2D eigenvalue weighted by Gasteiger charge is -2.33. The quantitative estimate of drug-likeness (QED) is 0.381. The molecule has 1 aromatic heterocycles. The van der Waals surface area contributed by atoms with Crippen LogP contribution in [0.25, 0.3) is 0 Å². The van der Waals surface area contributed by atoms with Crippen molar-refractivity contribution in [3.8, 4) is 5.75 Å². The maximum atomic E-state index is 13.8. The van der Waals surface area contributed by atoms with Crippen LogP contribution in [0.3, 0.4) is 0 Å². The van der Waals surface area contributed by atoms with E-state index in [2.05, 4.69) is 9.69 Å². The van der Waals surface area contributed by atoms with E-state index in [9.17, 15) is 19.1 Å². The van der Waals surface area contributed by atoms with Crippen LogP contribution in [0.4, 0.5) is 4.39 Å². The number of benzene rings is 2. The highest BCUT2D eigenvalue weighted by atomic mass is 35.5. The summed E-state index contributed by atoms with van der Waals surface area (Å²) in [6.07, 6.45) is 4.92. The van der Waals surface area contributed by atoms with E-state index in [0.29, 0.717) is 11.1 Å². The van der Waals surface area contributed by atoms with Crippen LogP contribution in [0.1, 0.15) is 59.8 Å². The molecule has 0 unspecified atom stereocenters. The highest BCUT2D eigenvalue weighted by Crippen LogP contribution is 2.34. The predicted molar refractivity (Wildman–Crippen MR) is 134 cm³/mol. The van der Waals surface area contributed by atoms with Crippen molar-refractivity contribution in [3.05, 3.63) is 80.5 Å². The average molecular weight is 536 g/mol. The summed E-state index contributed by atoms with van der Waals surface area (Å²) in [5, 5.41) is 12.9. The molecule has 3 aromatic rings. The number of aromatic nitrogens is 1. The van der Waals surface area contributed by atoms with Gasteiger partial charge >= 0.3 is 0 Å². The number of phenolic OH excluding ortho intramolecular Hbond substituents is 1. The summed E-state index contributed by atoms with van der Waals surface area (Å²) in [4.78, 5) is 28.8. The van der Waals surface area contributed by atoms with Gasteiger partial charge < -0.3 is 15.3 Å². The molecule has 0 saturated heterocycles. The highest BCUT2D eigenvalue weighted by molar-refractivity contribution is 7.11. The zero-order valence-electron chi connectivity index (χ0n) is 18.7. The van der Waals surface area contributed by atoms with E-state index in [4.69, 9.17) is 23.2 Å². The molecule has 2 N–H and O–H groups in total. The third-order valence-corrected chi connectivity index (χ3v) is 7.66. The van der Waals surface area contributed by atoms with Crippen LogP contribution >= 0.6 is 34.7 Å². The van der Waals surface area contributed by atoms with E-state index in [-0.39, 0.29) is 39.3 Å². The summed E-state index contributed by atoms with van der Waals surface area (Å²) in [5.74, 6) is -1.31. The first-order valence-electron chi connectivity index (χ1n) is 11.3. The number of amides is 2. The number of nitrogens with zero attached hydrogens (tertiary/aromatic N) is 2. The van der Waals surface area contributed by atoms with Gasteiger partial charge in [0.1, 0.15) is 27.0 Å². The molecule has 0 radical (unpaired) electrons. The molecule has 0 spiro atoms. The lowest BCUT2D eigenvalue weighted by Crippen LogP contribution is -2.47. The summed E-state index contributed by atoms with van der Waals surface area (Å²) in [7, 11) is 0. The number of rotatable bonds is 7. The predicted octanol–water partition coefficient (Wildman–Crippen LogP) is 6.13. The van der Waals surface area contributed by atoms with Gasteiger partial charge in [-0.05, 0) is 59.8 Å². The zero-order chi connectivity index (χ0) is 24.9. The van der Waals surface area contributed by atoms with Crippen LogP contribution in [0.2, 0.25) is 9.36 Å². The van der Waals surface area contributed by atoms with Crippen LogP contribution < -0.4 is 5.32 Å². The smallest absolute Gasteiger partial charge is 0.276 e. The van der Waals surface area contributed by atoms with Crippen molar-refractivity contribution in [2.75, 3.05) is 0 Å². The standard InChI is InChI=1S/C25H24Cl2FN3O3S/c26-20-21(30-35-23(20)27)25(34)31(14-15-6-10-17(28)11-7-15)22(16-8-12-19(32)13-9-16)24(33)29-18-4-2-1-3-5-18/h6-13,18,22,32H,1-5,14H2,(H,29,33)/t22-/m0/s1. The van der Waals surface area contributed by atoms with Gasteiger partial charge in [0, 0.05) is 12.6 Å². The van der Waals surface area contributed by atoms with E-state index < -0.39 is 17.8 Å². The SMILES string of the molecule is O=C(NC1CCCCC1)[C@H](c1ccc(O)cc1)N(Cc1ccc(F)cc1)C(=O)c1nsc(Cl)c1Cl. The van der Waals surface area contributed by atoms with E-state index in [1.807, 2.05) is 0 Å². The molecule has 1 fully saturated rings. The molecule has 10 heteroatoms. The molecule has 6 nitrogen and oxygen atoms in total.